The summed E-state index contributed by atoms with van der Waals surface area (Å²) in [6.45, 7) is 1.52. The maximum Gasteiger partial charge on any atom is 0.269 e. The molecule has 9 heteroatoms. The van der Waals surface area contributed by atoms with E-state index in [1.165, 1.54) is 12.4 Å². The van der Waals surface area contributed by atoms with Gasteiger partial charge in [0, 0.05) is 18.8 Å². The van der Waals surface area contributed by atoms with E-state index in [0.717, 1.165) is 16.8 Å². The number of carbonyl (C=O) groups excluding carboxylic acids is 1. The molecule has 0 radical (unpaired) electrons. The summed E-state index contributed by atoms with van der Waals surface area (Å²) in [6, 6.07) is 3.59. The first-order valence-corrected chi connectivity index (χ1v) is 8.73. The molecule has 3 aromatic rings. The van der Waals surface area contributed by atoms with E-state index in [2.05, 4.69) is 19.9 Å². The molecular weight excluding hydrogens is 362 g/mol. The Hall–Kier alpha value is -3.30. The van der Waals surface area contributed by atoms with Gasteiger partial charge in [-0.15, -0.1) is 0 Å². The maximum atomic E-state index is 11.8. The molecule has 5 heterocycles. The number of aliphatic imine (C=N–C) groups is 1. The van der Waals surface area contributed by atoms with Gasteiger partial charge in [-0.3, -0.25) is 24.5 Å². The van der Waals surface area contributed by atoms with Crippen LogP contribution in [0.2, 0.25) is 0 Å². The fraction of sp³-hybridized carbons (Fsp3) is 0.263. The number of ether oxygens (including phenoxy) is 2. The Kier molecular flexibility index (Phi) is 5.27. The van der Waals surface area contributed by atoms with Crippen molar-refractivity contribution >= 4 is 28.7 Å². The Morgan fingerprint density at radius 3 is 2.68 bits per heavy atom. The van der Waals surface area contributed by atoms with Crippen LogP contribution < -0.4 is 5.56 Å². The molecule has 1 saturated heterocycles. The van der Waals surface area contributed by atoms with Crippen LogP contribution in [0.3, 0.4) is 0 Å². The SMILES string of the molecule is O=C1C=Nc2cnccc2C1.O=c1cnc2cnccc2n1CC1OCCO1. The lowest BCUT2D eigenvalue weighted by Gasteiger charge is -2.13. The largest absolute Gasteiger partial charge is 0.348 e. The molecule has 2 aliphatic rings. The highest BCUT2D eigenvalue weighted by atomic mass is 16.7. The van der Waals surface area contributed by atoms with E-state index in [-0.39, 0.29) is 17.6 Å². The third-order valence-electron chi connectivity index (χ3n) is 4.27. The molecule has 0 spiro atoms. The molecule has 0 atom stereocenters. The summed E-state index contributed by atoms with van der Waals surface area (Å²) in [6.07, 6.45) is 9.35. The number of aromatic nitrogens is 4. The number of nitrogens with zero attached hydrogens (tertiary/aromatic N) is 5. The predicted octanol–water partition coefficient (Wildman–Crippen LogP) is 1.07. The first-order valence-electron chi connectivity index (χ1n) is 8.73. The number of carbonyl (C=O) groups is 1. The van der Waals surface area contributed by atoms with Gasteiger partial charge in [0.1, 0.15) is 5.52 Å². The number of hydrogen-bond donors (Lipinski definition) is 0. The van der Waals surface area contributed by atoms with Crippen LogP contribution in [-0.2, 0) is 27.2 Å². The quantitative estimate of drug-likeness (QED) is 0.655. The van der Waals surface area contributed by atoms with Crippen LogP contribution in [0.15, 0.2) is 52.9 Å². The first kappa shape index (κ1) is 18.1. The Morgan fingerprint density at radius 1 is 1.04 bits per heavy atom. The van der Waals surface area contributed by atoms with E-state index < -0.39 is 0 Å². The summed E-state index contributed by atoms with van der Waals surface area (Å²) < 4.78 is 12.3. The summed E-state index contributed by atoms with van der Waals surface area (Å²) in [4.78, 5) is 38.5. The lowest BCUT2D eigenvalue weighted by Crippen LogP contribution is -2.27. The van der Waals surface area contributed by atoms with Crippen LogP contribution in [0.5, 0.6) is 0 Å². The normalized spacial score (nSPS) is 15.9. The fourth-order valence-electron chi connectivity index (χ4n) is 2.93. The van der Waals surface area contributed by atoms with Crippen LogP contribution in [0, 0.1) is 0 Å². The van der Waals surface area contributed by atoms with Crippen LogP contribution in [0.4, 0.5) is 5.69 Å². The number of ketones is 1. The van der Waals surface area contributed by atoms with E-state index in [9.17, 15) is 9.59 Å². The third-order valence-corrected chi connectivity index (χ3v) is 4.27. The lowest BCUT2D eigenvalue weighted by atomic mass is 10.1. The standard InChI is InChI=1S/C11H11N3O3.C8H6N2O/c15-10-6-13-8-5-12-2-1-9(8)14(10)7-11-16-3-4-17-11;11-7-3-6-1-2-9-5-8(6)10-4-7/h1-2,5-6,11H,3-4,7H2;1-2,4-5H,3H2. The molecule has 0 bridgehead atoms. The predicted molar refractivity (Wildman–Crippen MR) is 101 cm³/mol. The topological polar surface area (TPSA) is 109 Å². The van der Waals surface area contributed by atoms with Crippen molar-refractivity contribution in [2.45, 2.75) is 19.3 Å². The van der Waals surface area contributed by atoms with Crippen molar-refractivity contribution in [3.8, 4) is 0 Å². The Labute approximate surface area is 159 Å². The molecule has 2 aliphatic heterocycles. The highest BCUT2D eigenvalue weighted by molar-refractivity contribution is 6.29. The highest BCUT2D eigenvalue weighted by Gasteiger charge is 2.18. The lowest BCUT2D eigenvalue weighted by molar-refractivity contribution is -0.112. The van der Waals surface area contributed by atoms with Crippen LogP contribution in [-0.4, -0.2) is 51.0 Å². The number of fused-ring (bicyclic) bond motifs is 2. The van der Waals surface area contributed by atoms with E-state index in [0.29, 0.717) is 31.7 Å². The Morgan fingerprint density at radius 2 is 1.82 bits per heavy atom. The molecule has 9 nitrogen and oxygen atoms in total. The van der Waals surface area contributed by atoms with Crippen LogP contribution >= 0.6 is 0 Å². The smallest absolute Gasteiger partial charge is 0.269 e. The molecule has 0 aromatic carbocycles. The van der Waals surface area contributed by atoms with Crippen LogP contribution in [0.1, 0.15) is 5.56 Å². The van der Waals surface area contributed by atoms with Crippen molar-refractivity contribution in [1.82, 2.24) is 19.5 Å². The van der Waals surface area contributed by atoms with E-state index in [4.69, 9.17) is 9.47 Å². The summed E-state index contributed by atoms with van der Waals surface area (Å²) in [7, 11) is 0. The van der Waals surface area contributed by atoms with Gasteiger partial charge in [0.2, 0.25) is 0 Å². The van der Waals surface area contributed by atoms with Crippen molar-refractivity contribution in [2.24, 2.45) is 4.99 Å². The number of Topliss-reactive ketones (excluding diaryl/α,β-unsaturated/α-hetero) is 1. The monoisotopic (exact) mass is 379 g/mol. The van der Waals surface area contributed by atoms with Gasteiger partial charge in [0.05, 0.1) is 55.8 Å². The molecule has 0 aliphatic carbocycles. The van der Waals surface area contributed by atoms with E-state index in [1.54, 1.807) is 35.4 Å². The first-order chi connectivity index (χ1) is 13.7. The van der Waals surface area contributed by atoms with Crippen molar-refractivity contribution in [2.75, 3.05) is 13.2 Å². The molecule has 3 aromatic heterocycles. The summed E-state index contributed by atoms with van der Waals surface area (Å²) >= 11 is 0. The second-order valence-electron chi connectivity index (χ2n) is 6.15. The average molecular weight is 379 g/mol. The Balaban J connectivity index is 0.000000151. The van der Waals surface area contributed by atoms with Crippen molar-refractivity contribution < 1.29 is 14.3 Å². The second kappa shape index (κ2) is 8.15. The zero-order valence-electron chi connectivity index (χ0n) is 14.9. The zero-order valence-corrected chi connectivity index (χ0v) is 14.9. The molecule has 0 saturated carbocycles. The van der Waals surface area contributed by atoms with Gasteiger partial charge < -0.3 is 14.0 Å². The highest BCUT2D eigenvalue weighted by Crippen LogP contribution is 2.20. The second-order valence-corrected chi connectivity index (χ2v) is 6.15. The van der Waals surface area contributed by atoms with Gasteiger partial charge >= 0.3 is 0 Å². The fourth-order valence-corrected chi connectivity index (χ4v) is 2.93. The van der Waals surface area contributed by atoms with Crippen molar-refractivity contribution in [3.63, 3.8) is 0 Å². The molecular formula is C19H17N5O4. The zero-order chi connectivity index (χ0) is 19.3. The van der Waals surface area contributed by atoms with Gasteiger partial charge in [-0.25, -0.2) is 4.98 Å². The van der Waals surface area contributed by atoms with E-state index >= 15 is 0 Å². The minimum absolute atomic E-state index is 0.0590. The van der Waals surface area contributed by atoms with E-state index in [1.807, 2.05) is 6.07 Å². The molecule has 0 N–H and O–H groups in total. The van der Waals surface area contributed by atoms with Gasteiger partial charge in [-0.2, -0.15) is 0 Å². The van der Waals surface area contributed by atoms with Gasteiger partial charge in [-0.05, 0) is 17.7 Å². The van der Waals surface area contributed by atoms with Crippen molar-refractivity contribution in [1.29, 1.82) is 0 Å². The van der Waals surface area contributed by atoms with Gasteiger partial charge in [-0.1, -0.05) is 0 Å². The molecule has 142 valence electrons. The van der Waals surface area contributed by atoms with Crippen molar-refractivity contribution in [3.05, 3.63) is 59.0 Å². The third kappa shape index (κ3) is 4.00. The molecule has 5 rings (SSSR count). The molecule has 1 fully saturated rings. The summed E-state index contributed by atoms with van der Waals surface area (Å²) in [5.74, 6) is 0.0590. The Bertz CT molecular complexity index is 1090. The van der Waals surface area contributed by atoms with Gasteiger partial charge in [0.25, 0.3) is 5.56 Å². The number of rotatable bonds is 2. The molecule has 0 unspecified atom stereocenters. The summed E-state index contributed by atoms with van der Waals surface area (Å²) in [5.41, 5.74) is 3.04. The average Bonchev–Trinajstić information content (AvgIpc) is 3.24. The minimum Gasteiger partial charge on any atom is -0.348 e. The summed E-state index contributed by atoms with van der Waals surface area (Å²) in [5, 5.41) is 0. The number of hydrogen-bond acceptors (Lipinski definition) is 8. The minimum atomic E-state index is -0.355. The number of pyridine rings is 2. The maximum absolute atomic E-state index is 11.8. The van der Waals surface area contributed by atoms with Gasteiger partial charge in [0.15, 0.2) is 12.1 Å². The molecule has 0 amide bonds. The van der Waals surface area contributed by atoms with Crippen LogP contribution in [0.25, 0.3) is 11.0 Å². The molecule has 28 heavy (non-hydrogen) atoms.